The average Bonchev–Trinajstić information content (AvgIpc) is 2.63. The van der Waals surface area contributed by atoms with Gasteiger partial charge in [-0.2, -0.15) is 0 Å². The van der Waals surface area contributed by atoms with E-state index in [2.05, 4.69) is 15.5 Å². The maximum Gasteiger partial charge on any atom is 0.314 e. The number of benzene rings is 1. The van der Waals surface area contributed by atoms with Gasteiger partial charge in [-0.3, -0.25) is 4.79 Å². The Hall–Kier alpha value is -2.24. The highest BCUT2D eigenvalue weighted by Crippen LogP contribution is 2.25. The Morgan fingerprint density at radius 3 is 2.36 bits per heavy atom. The smallest absolute Gasteiger partial charge is 0.314 e. The zero-order chi connectivity index (χ0) is 18.2. The van der Waals surface area contributed by atoms with Crippen molar-refractivity contribution in [3.8, 4) is 0 Å². The molecule has 1 aliphatic heterocycles. The third kappa shape index (κ3) is 4.87. The number of anilines is 1. The average molecular weight is 346 g/mol. The van der Waals surface area contributed by atoms with Gasteiger partial charge in [0.05, 0.1) is 5.56 Å². The molecule has 0 saturated carbocycles. The third-order valence-electron chi connectivity index (χ3n) is 4.69. The van der Waals surface area contributed by atoms with Gasteiger partial charge >= 0.3 is 6.03 Å². The van der Waals surface area contributed by atoms with E-state index >= 15 is 0 Å². The SMILES string of the molecule is CCNC(=O)NC1CCN(c2ccccc2C(=O)N(CC)CC)CC1. The standard InChI is InChI=1S/C19H30N4O2/c1-4-20-19(25)21-15-11-13-23(14-12-15)17-10-8-7-9-16(17)18(24)22(5-2)6-3/h7-10,15H,4-6,11-14H2,1-3H3,(H2,20,21,25). The number of carbonyl (C=O) groups excluding carboxylic acids is 2. The summed E-state index contributed by atoms with van der Waals surface area (Å²) in [6.07, 6.45) is 1.76. The minimum atomic E-state index is -0.0990. The third-order valence-corrected chi connectivity index (χ3v) is 4.69. The van der Waals surface area contributed by atoms with E-state index < -0.39 is 0 Å². The fourth-order valence-corrected chi connectivity index (χ4v) is 3.27. The molecule has 1 heterocycles. The van der Waals surface area contributed by atoms with E-state index in [-0.39, 0.29) is 18.0 Å². The number of carbonyl (C=O) groups is 2. The van der Waals surface area contributed by atoms with Crippen LogP contribution in [0.3, 0.4) is 0 Å². The number of nitrogens with one attached hydrogen (secondary N) is 2. The van der Waals surface area contributed by atoms with Gasteiger partial charge in [0.25, 0.3) is 5.91 Å². The van der Waals surface area contributed by atoms with Gasteiger partial charge in [0.15, 0.2) is 0 Å². The second-order valence-electron chi connectivity index (χ2n) is 6.26. The second kappa shape index (κ2) is 9.30. The van der Waals surface area contributed by atoms with Gasteiger partial charge in [-0.1, -0.05) is 12.1 Å². The number of rotatable bonds is 6. The zero-order valence-electron chi connectivity index (χ0n) is 15.5. The number of urea groups is 1. The van der Waals surface area contributed by atoms with E-state index in [4.69, 9.17) is 0 Å². The van der Waals surface area contributed by atoms with Gasteiger partial charge in [-0.25, -0.2) is 4.79 Å². The molecule has 0 atom stereocenters. The summed E-state index contributed by atoms with van der Waals surface area (Å²) in [6.45, 7) is 9.63. The highest BCUT2D eigenvalue weighted by atomic mass is 16.2. The number of nitrogens with zero attached hydrogens (tertiary/aromatic N) is 2. The number of hydrogen-bond acceptors (Lipinski definition) is 3. The molecule has 1 aromatic carbocycles. The van der Waals surface area contributed by atoms with E-state index in [9.17, 15) is 9.59 Å². The van der Waals surface area contributed by atoms with E-state index in [1.807, 2.05) is 49.9 Å². The van der Waals surface area contributed by atoms with Crippen molar-refractivity contribution in [3.05, 3.63) is 29.8 Å². The van der Waals surface area contributed by atoms with Gasteiger partial charge in [0.2, 0.25) is 0 Å². The molecule has 138 valence electrons. The summed E-state index contributed by atoms with van der Waals surface area (Å²) in [5.41, 5.74) is 1.76. The monoisotopic (exact) mass is 346 g/mol. The fourth-order valence-electron chi connectivity index (χ4n) is 3.27. The predicted molar refractivity (Wildman–Crippen MR) is 101 cm³/mol. The van der Waals surface area contributed by atoms with Crippen LogP contribution < -0.4 is 15.5 Å². The molecular weight excluding hydrogens is 316 g/mol. The number of para-hydroxylation sites is 1. The van der Waals surface area contributed by atoms with Crippen molar-refractivity contribution in [1.29, 1.82) is 0 Å². The van der Waals surface area contributed by atoms with Crippen molar-refractivity contribution in [3.63, 3.8) is 0 Å². The molecular formula is C19H30N4O2. The summed E-state index contributed by atoms with van der Waals surface area (Å²) < 4.78 is 0. The second-order valence-corrected chi connectivity index (χ2v) is 6.26. The molecule has 1 aromatic rings. The molecule has 6 nitrogen and oxygen atoms in total. The summed E-state index contributed by atoms with van der Waals surface area (Å²) in [4.78, 5) is 28.6. The minimum Gasteiger partial charge on any atom is -0.371 e. The first-order chi connectivity index (χ1) is 12.1. The maximum absolute atomic E-state index is 12.8. The fraction of sp³-hybridized carbons (Fsp3) is 0.579. The maximum atomic E-state index is 12.8. The molecule has 0 aliphatic carbocycles. The molecule has 0 unspecified atom stereocenters. The Bertz CT molecular complexity index is 579. The number of amides is 3. The van der Waals surface area contributed by atoms with E-state index in [0.29, 0.717) is 19.6 Å². The van der Waals surface area contributed by atoms with Gasteiger partial charge in [0, 0.05) is 44.5 Å². The molecule has 2 N–H and O–H groups in total. The normalized spacial score (nSPS) is 14.9. The molecule has 0 spiro atoms. The Kier molecular flexibility index (Phi) is 7.10. The number of hydrogen-bond donors (Lipinski definition) is 2. The van der Waals surface area contributed by atoms with Crippen molar-refractivity contribution in [2.75, 3.05) is 37.6 Å². The van der Waals surface area contributed by atoms with Crippen LogP contribution in [0, 0.1) is 0 Å². The largest absolute Gasteiger partial charge is 0.371 e. The lowest BCUT2D eigenvalue weighted by atomic mass is 10.0. The highest BCUT2D eigenvalue weighted by molar-refractivity contribution is 5.99. The first-order valence-electron chi connectivity index (χ1n) is 9.28. The molecule has 3 amide bonds. The molecule has 2 rings (SSSR count). The Balaban J connectivity index is 2.04. The van der Waals surface area contributed by atoms with Crippen LogP contribution in [0.4, 0.5) is 10.5 Å². The van der Waals surface area contributed by atoms with Crippen LogP contribution in [-0.2, 0) is 0 Å². The van der Waals surface area contributed by atoms with Crippen LogP contribution >= 0.6 is 0 Å². The molecule has 0 radical (unpaired) electrons. The van der Waals surface area contributed by atoms with E-state index in [1.165, 1.54) is 0 Å². The summed E-state index contributed by atoms with van der Waals surface area (Å²) in [5.74, 6) is 0.0863. The highest BCUT2D eigenvalue weighted by Gasteiger charge is 2.24. The first-order valence-corrected chi connectivity index (χ1v) is 9.28. The molecule has 1 aliphatic rings. The van der Waals surface area contributed by atoms with Crippen molar-refractivity contribution < 1.29 is 9.59 Å². The van der Waals surface area contributed by atoms with Crippen LogP contribution in [0.2, 0.25) is 0 Å². The Labute approximate surface area is 150 Å². The van der Waals surface area contributed by atoms with Crippen LogP contribution in [0.15, 0.2) is 24.3 Å². The van der Waals surface area contributed by atoms with E-state index in [0.717, 1.165) is 37.2 Å². The van der Waals surface area contributed by atoms with Crippen molar-refractivity contribution in [2.24, 2.45) is 0 Å². The lowest BCUT2D eigenvalue weighted by Gasteiger charge is -2.35. The summed E-state index contributed by atoms with van der Waals surface area (Å²) in [7, 11) is 0. The lowest BCUT2D eigenvalue weighted by Crippen LogP contribution is -2.48. The quantitative estimate of drug-likeness (QED) is 0.832. The predicted octanol–water partition coefficient (Wildman–Crippen LogP) is 2.46. The van der Waals surface area contributed by atoms with Gasteiger partial charge in [-0.05, 0) is 45.7 Å². The zero-order valence-corrected chi connectivity index (χ0v) is 15.5. The Morgan fingerprint density at radius 1 is 1.12 bits per heavy atom. The summed E-state index contributed by atoms with van der Waals surface area (Å²) >= 11 is 0. The van der Waals surface area contributed by atoms with Crippen molar-refractivity contribution in [1.82, 2.24) is 15.5 Å². The van der Waals surface area contributed by atoms with Gasteiger partial charge in [-0.15, -0.1) is 0 Å². The summed E-state index contributed by atoms with van der Waals surface area (Å²) in [6, 6.07) is 7.92. The van der Waals surface area contributed by atoms with Crippen LogP contribution in [0.5, 0.6) is 0 Å². The first kappa shape index (κ1) is 19.1. The Morgan fingerprint density at radius 2 is 1.76 bits per heavy atom. The minimum absolute atomic E-state index is 0.0863. The molecule has 1 saturated heterocycles. The van der Waals surface area contributed by atoms with Crippen LogP contribution in [0.25, 0.3) is 0 Å². The topological polar surface area (TPSA) is 64.7 Å². The molecule has 0 aromatic heterocycles. The molecule has 0 bridgehead atoms. The molecule has 1 fully saturated rings. The lowest BCUT2D eigenvalue weighted by molar-refractivity contribution is 0.0773. The molecule has 6 heteroatoms. The van der Waals surface area contributed by atoms with Crippen molar-refractivity contribution >= 4 is 17.6 Å². The van der Waals surface area contributed by atoms with Gasteiger partial charge < -0.3 is 20.4 Å². The van der Waals surface area contributed by atoms with Crippen LogP contribution in [0.1, 0.15) is 44.0 Å². The van der Waals surface area contributed by atoms with Gasteiger partial charge in [0.1, 0.15) is 0 Å². The molecule has 25 heavy (non-hydrogen) atoms. The van der Waals surface area contributed by atoms with Crippen molar-refractivity contribution in [2.45, 2.75) is 39.7 Å². The van der Waals surface area contributed by atoms with Crippen LogP contribution in [-0.4, -0.2) is 55.6 Å². The van der Waals surface area contributed by atoms with E-state index in [1.54, 1.807) is 0 Å². The summed E-state index contributed by atoms with van der Waals surface area (Å²) in [5, 5.41) is 5.79. The number of piperidine rings is 1.